The van der Waals surface area contributed by atoms with Gasteiger partial charge in [0.1, 0.15) is 11.0 Å². The molecule has 0 saturated carbocycles. The molecule has 1 atom stereocenters. The fourth-order valence-electron chi connectivity index (χ4n) is 3.15. The molecule has 2 amide bonds. The Bertz CT molecular complexity index is 663. The molecular weight excluding hydrogens is 358 g/mol. The standard InChI is InChI=1S/C17H23N3O5S/c1-24-17(23)15-12(4-10-26-15)18-14(21)11-19-5-7-20(8-6-19)16(22)13-3-2-9-25-13/h4,10,13H,2-3,5-9,11H2,1H3,(H,18,21). The second-order valence-electron chi connectivity index (χ2n) is 6.31. The number of nitrogens with zero attached hydrogens (tertiary/aromatic N) is 2. The van der Waals surface area contributed by atoms with Crippen LogP contribution in [0.15, 0.2) is 11.4 Å². The number of esters is 1. The van der Waals surface area contributed by atoms with E-state index in [1.807, 2.05) is 9.80 Å². The van der Waals surface area contributed by atoms with Gasteiger partial charge in [0.15, 0.2) is 0 Å². The molecule has 8 nitrogen and oxygen atoms in total. The van der Waals surface area contributed by atoms with Crippen LogP contribution in [0.4, 0.5) is 5.69 Å². The monoisotopic (exact) mass is 381 g/mol. The van der Waals surface area contributed by atoms with Crippen LogP contribution in [0.3, 0.4) is 0 Å². The van der Waals surface area contributed by atoms with E-state index < -0.39 is 5.97 Å². The van der Waals surface area contributed by atoms with E-state index in [1.165, 1.54) is 18.4 Å². The van der Waals surface area contributed by atoms with E-state index in [-0.39, 0.29) is 24.5 Å². The third-order valence-corrected chi connectivity index (χ3v) is 5.46. The molecule has 2 aliphatic heterocycles. The highest BCUT2D eigenvalue weighted by Crippen LogP contribution is 2.23. The van der Waals surface area contributed by atoms with Crippen molar-refractivity contribution >= 4 is 34.8 Å². The third-order valence-electron chi connectivity index (χ3n) is 4.57. The number of hydrogen-bond donors (Lipinski definition) is 1. The minimum absolute atomic E-state index is 0.0626. The number of anilines is 1. The third kappa shape index (κ3) is 4.40. The lowest BCUT2D eigenvalue weighted by atomic mass is 10.2. The summed E-state index contributed by atoms with van der Waals surface area (Å²) in [7, 11) is 1.31. The first-order valence-electron chi connectivity index (χ1n) is 8.67. The zero-order valence-electron chi connectivity index (χ0n) is 14.7. The predicted octanol–water partition coefficient (Wildman–Crippen LogP) is 0.796. The molecule has 1 aromatic heterocycles. The molecule has 3 rings (SSSR count). The molecule has 9 heteroatoms. The van der Waals surface area contributed by atoms with Crippen LogP contribution in [-0.4, -0.2) is 80.1 Å². The van der Waals surface area contributed by atoms with Gasteiger partial charge in [0.05, 0.1) is 19.3 Å². The van der Waals surface area contributed by atoms with Crippen molar-refractivity contribution < 1.29 is 23.9 Å². The van der Waals surface area contributed by atoms with Crippen LogP contribution in [0.1, 0.15) is 22.5 Å². The zero-order valence-corrected chi connectivity index (χ0v) is 15.5. The second-order valence-corrected chi connectivity index (χ2v) is 7.22. The number of methoxy groups -OCH3 is 1. The van der Waals surface area contributed by atoms with Crippen LogP contribution < -0.4 is 5.32 Å². The van der Waals surface area contributed by atoms with Gasteiger partial charge in [-0.3, -0.25) is 14.5 Å². The molecule has 2 saturated heterocycles. The van der Waals surface area contributed by atoms with Crippen molar-refractivity contribution in [2.45, 2.75) is 18.9 Å². The average Bonchev–Trinajstić information content (AvgIpc) is 3.33. The SMILES string of the molecule is COC(=O)c1sccc1NC(=O)CN1CCN(C(=O)C2CCCO2)CC1. The van der Waals surface area contributed by atoms with Crippen molar-refractivity contribution in [3.8, 4) is 0 Å². The Kier molecular flexibility index (Phi) is 6.23. The van der Waals surface area contributed by atoms with Gasteiger partial charge in [-0.05, 0) is 24.3 Å². The summed E-state index contributed by atoms with van der Waals surface area (Å²) in [6, 6.07) is 1.69. The summed E-state index contributed by atoms with van der Waals surface area (Å²) < 4.78 is 10.2. The first kappa shape index (κ1) is 18.8. The summed E-state index contributed by atoms with van der Waals surface area (Å²) in [5.74, 6) is -0.586. The summed E-state index contributed by atoms with van der Waals surface area (Å²) in [5.41, 5.74) is 0.471. The first-order chi connectivity index (χ1) is 12.6. The molecule has 0 spiro atoms. The van der Waals surface area contributed by atoms with E-state index in [2.05, 4.69) is 5.32 Å². The van der Waals surface area contributed by atoms with Crippen LogP contribution in [0.5, 0.6) is 0 Å². The van der Waals surface area contributed by atoms with Crippen molar-refractivity contribution in [1.29, 1.82) is 0 Å². The van der Waals surface area contributed by atoms with Crippen molar-refractivity contribution in [3.05, 3.63) is 16.3 Å². The van der Waals surface area contributed by atoms with Crippen molar-refractivity contribution in [1.82, 2.24) is 9.80 Å². The van der Waals surface area contributed by atoms with Gasteiger partial charge in [-0.1, -0.05) is 0 Å². The lowest BCUT2D eigenvalue weighted by Gasteiger charge is -2.35. The largest absolute Gasteiger partial charge is 0.465 e. The van der Waals surface area contributed by atoms with Crippen molar-refractivity contribution in [2.24, 2.45) is 0 Å². The molecule has 0 bridgehead atoms. The molecule has 2 fully saturated rings. The Morgan fingerprint density at radius 3 is 2.73 bits per heavy atom. The Labute approximate surface area is 156 Å². The molecule has 1 N–H and O–H groups in total. The lowest BCUT2D eigenvalue weighted by molar-refractivity contribution is -0.142. The van der Waals surface area contributed by atoms with Crippen molar-refractivity contribution in [2.75, 3.05) is 51.8 Å². The molecule has 2 aliphatic rings. The van der Waals surface area contributed by atoms with Gasteiger partial charge in [0.25, 0.3) is 5.91 Å². The highest BCUT2D eigenvalue weighted by Gasteiger charge is 2.30. The van der Waals surface area contributed by atoms with Gasteiger partial charge in [0, 0.05) is 32.8 Å². The Morgan fingerprint density at radius 1 is 1.31 bits per heavy atom. The zero-order chi connectivity index (χ0) is 18.5. The van der Waals surface area contributed by atoms with Gasteiger partial charge >= 0.3 is 5.97 Å². The topological polar surface area (TPSA) is 88.2 Å². The lowest BCUT2D eigenvalue weighted by Crippen LogP contribution is -2.52. The number of hydrogen-bond acceptors (Lipinski definition) is 7. The minimum Gasteiger partial charge on any atom is -0.465 e. The van der Waals surface area contributed by atoms with Gasteiger partial charge in [-0.15, -0.1) is 11.3 Å². The summed E-state index contributed by atoms with van der Waals surface area (Å²) in [4.78, 5) is 40.5. The van der Waals surface area contributed by atoms with E-state index in [4.69, 9.17) is 9.47 Å². The molecule has 0 aromatic carbocycles. The number of piperazine rings is 1. The maximum Gasteiger partial charge on any atom is 0.350 e. The van der Waals surface area contributed by atoms with E-state index in [0.717, 1.165) is 12.8 Å². The van der Waals surface area contributed by atoms with Crippen LogP contribution in [0, 0.1) is 0 Å². The second kappa shape index (κ2) is 8.61. The quantitative estimate of drug-likeness (QED) is 0.759. The summed E-state index contributed by atoms with van der Waals surface area (Å²) in [6.07, 6.45) is 1.44. The summed E-state index contributed by atoms with van der Waals surface area (Å²) >= 11 is 1.23. The Balaban J connectivity index is 1.46. The number of ether oxygens (including phenoxy) is 2. The summed E-state index contributed by atoms with van der Waals surface area (Å²) in [5, 5.41) is 4.49. The molecule has 1 aromatic rings. The van der Waals surface area contributed by atoms with E-state index in [9.17, 15) is 14.4 Å². The number of nitrogens with one attached hydrogen (secondary N) is 1. The van der Waals surface area contributed by atoms with Gasteiger partial charge in [0.2, 0.25) is 5.91 Å². The number of carbonyl (C=O) groups is 3. The van der Waals surface area contributed by atoms with Gasteiger partial charge in [-0.2, -0.15) is 0 Å². The maximum atomic E-state index is 12.3. The van der Waals surface area contributed by atoms with Gasteiger partial charge in [-0.25, -0.2) is 4.79 Å². The number of thiophene rings is 1. The molecular formula is C17H23N3O5S. The number of rotatable bonds is 5. The van der Waals surface area contributed by atoms with E-state index in [1.54, 1.807) is 11.4 Å². The Morgan fingerprint density at radius 2 is 2.08 bits per heavy atom. The maximum absolute atomic E-state index is 12.3. The fourth-order valence-corrected chi connectivity index (χ4v) is 3.92. The van der Waals surface area contributed by atoms with Gasteiger partial charge < -0.3 is 19.7 Å². The molecule has 3 heterocycles. The molecule has 0 aliphatic carbocycles. The van der Waals surface area contributed by atoms with Crippen LogP contribution >= 0.6 is 11.3 Å². The van der Waals surface area contributed by atoms with E-state index in [0.29, 0.717) is 43.4 Å². The first-order valence-corrected chi connectivity index (χ1v) is 9.55. The molecule has 0 radical (unpaired) electrons. The predicted molar refractivity (Wildman–Crippen MR) is 96.3 cm³/mol. The molecule has 142 valence electrons. The van der Waals surface area contributed by atoms with Crippen LogP contribution in [-0.2, 0) is 19.1 Å². The average molecular weight is 381 g/mol. The number of amides is 2. The number of carbonyl (C=O) groups excluding carboxylic acids is 3. The highest BCUT2D eigenvalue weighted by atomic mass is 32.1. The summed E-state index contributed by atoms with van der Waals surface area (Å²) in [6.45, 7) is 3.35. The normalized spacial score (nSPS) is 20.8. The minimum atomic E-state index is -0.462. The van der Waals surface area contributed by atoms with Crippen LogP contribution in [0.25, 0.3) is 0 Å². The van der Waals surface area contributed by atoms with Crippen LogP contribution in [0.2, 0.25) is 0 Å². The fraction of sp³-hybridized carbons (Fsp3) is 0.588. The molecule has 26 heavy (non-hydrogen) atoms. The highest BCUT2D eigenvalue weighted by molar-refractivity contribution is 7.12. The van der Waals surface area contributed by atoms with E-state index >= 15 is 0 Å². The smallest absolute Gasteiger partial charge is 0.350 e. The Hall–Kier alpha value is -1.97. The molecule has 1 unspecified atom stereocenters. The van der Waals surface area contributed by atoms with Crippen molar-refractivity contribution in [3.63, 3.8) is 0 Å².